The number of carboxylic acids is 2. The highest BCUT2D eigenvalue weighted by atomic mass is 19.1. The molecular weight excluding hydrogens is 1090 g/mol. The number of likely N-dealkylation sites (N-methyl/N-ethyl adjacent to an activating group) is 2. The number of esters is 2. The zero-order valence-electron chi connectivity index (χ0n) is 49.7. The zero-order valence-corrected chi connectivity index (χ0v) is 49.7. The van der Waals surface area contributed by atoms with Crippen LogP contribution in [0.25, 0.3) is 0 Å². The van der Waals surface area contributed by atoms with Crippen LogP contribution < -0.4 is 33.3 Å². The summed E-state index contributed by atoms with van der Waals surface area (Å²) in [4.78, 5) is 102. The lowest BCUT2D eigenvalue weighted by molar-refractivity contribution is -0.154. The van der Waals surface area contributed by atoms with E-state index in [0.29, 0.717) is 0 Å². The highest BCUT2D eigenvalue weighted by Crippen LogP contribution is 2.20. The number of nitrogens with two attached hydrogens (primary N) is 3. The van der Waals surface area contributed by atoms with Gasteiger partial charge in [-0.3, -0.25) is 19.3 Å². The van der Waals surface area contributed by atoms with Crippen molar-refractivity contribution >= 4 is 53.9 Å². The summed E-state index contributed by atoms with van der Waals surface area (Å²) >= 11 is 0. The normalized spacial score (nSPS) is 14.8. The topological polar surface area (TPSA) is 391 Å². The van der Waals surface area contributed by atoms with Gasteiger partial charge in [-0.25, -0.2) is 59.5 Å². The van der Waals surface area contributed by atoms with Crippen LogP contribution in [0.15, 0.2) is 13.2 Å². The van der Waals surface area contributed by atoms with Crippen molar-refractivity contribution in [1.82, 2.24) is 20.9 Å². The Labute approximate surface area is 464 Å². The highest BCUT2D eigenvalue weighted by molar-refractivity contribution is 5.87. The molecule has 25 nitrogen and oxygen atoms in total. The van der Waals surface area contributed by atoms with Crippen LogP contribution in [-0.4, -0.2) is 194 Å². The minimum Gasteiger partial charge on any atom is -0.480 e. The second-order valence-corrected chi connectivity index (χ2v) is 20.4. The summed E-state index contributed by atoms with van der Waals surface area (Å²) in [6, 6.07) is 1.59. The van der Waals surface area contributed by atoms with E-state index in [1.165, 1.54) is 48.7 Å². The first-order valence-electron chi connectivity index (χ1n) is 23.0. The van der Waals surface area contributed by atoms with E-state index < -0.39 is 151 Å². The van der Waals surface area contributed by atoms with Crippen LogP contribution in [0.2, 0.25) is 0 Å². The molecule has 0 aliphatic carbocycles. The fourth-order valence-corrected chi connectivity index (χ4v) is 3.04. The number of aliphatic carboxylic acids is 2. The number of hydrogen-bond acceptors (Lipinski definition) is 20. The van der Waals surface area contributed by atoms with Gasteiger partial charge >= 0.3 is 48.1 Å². The van der Waals surface area contributed by atoms with Gasteiger partial charge < -0.3 is 66.2 Å². The van der Waals surface area contributed by atoms with Crippen LogP contribution in [0.4, 0.5) is 45.1 Å². The molecular formula is C48H89F7N8O17. The molecule has 0 bridgehead atoms. The summed E-state index contributed by atoms with van der Waals surface area (Å²) in [5, 5.41) is 30.9. The van der Waals surface area contributed by atoms with Crippen LogP contribution >= 0.6 is 0 Å². The smallest absolute Gasteiger partial charge is 0.411 e. The van der Waals surface area contributed by atoms with Gasteiger partial charge in [0.2, 0.25) is 0 Å². The first-order chi connectivity index (χ1) is 35.8. The number of alkyl carbamates (subject to hydrolysis) is 2. The Morgan fingerprint density at radius 1 is 0.562 bits per heavy atom. The number of nitrogens with one attached hydrogen (secondary N) is 3. The Hall–Kier alpha value is -6.59. The number of methoxy groups -OCH3 is 2. The second kappa shape index (κ2) is 41.4. The van der Waals surface area contributed by atoms with Crippen LogP contribution in [-0.2, 0) is 57.3 Å². The molecule has 6 atom stereocenters. The molecule has 0 aliphatic rings. The maximum absolute atomic E-state index is 13.0. The molecule has 0 saturated carbocycles. The van der Waals surface area contributed by atoms with E-state index in [1.54, 1.807) is 68.4 Å². The number of amides is 3. The number of carboxylic acid groups (broad SMARTS) is 2. The minimum absolute atomic E-state index is 0.412. The Morgan fingerprint density at radius 3 is 1.04 bits per heavy atom. The molecule has 0 rings (SSSR count). The molecule has 0 aliphatic heterocycles. The van der Waals surface area contributed by atoms with Gasteiger partial charge in [0.05, 0.1) is 20.3 Å². The van der Waals surface area contributed by atoms with E-state index >= 15 is 0 Å². The molecule has 0 spiro atoms. The third-order valence-electron chi connectivity index (χ3n) is 8.35. The van der Waals surface area contributed by atoms with E-state index in [1.807, 2.05) is 0 Å². The molecule has 6 unspecified atom stereocenters. The molecule has 32 heteroatoms. The number of nitriles is 1. The Bertz CT molecular complexity index is 1870. The molecule has 0 aromatic rings. The van der Waals surface area contributed by atoms with E-state index in [-0.39, 0.29) is 0 Å². The quantitative estimate of drug-likeness (QED) is 0.0326. The number of hydrogen-bond donors (Lipinski definition) is 8. The van der Waals surface area contributed by atoms with Crippen molar-refractivity contribution in [2.75, 3.05) is 75.0 Å². The fraction of sp³-hybridized carbons (Fsp3) is 0.750. The molecule has 0 heterocycles. The average Bonchev–Trinajstić information content (AvgIpc) is 3.36. The molecule has 3 amide bonds. The third kappa shape index (κ3) is 43.3. The van der Waals surface area contributed by atoms with E-state index in [9.17, 15) is 73.9 Å². The summed E-state index contributed by atoms with van der Waals surface area (Å²) in [6.45, 7) is 22.7. The molecule has 11 N–H and O–H groups in total. The number of ether oxygens (including phenoxy) is 5. The monoisotopic (exact) mass is 1180 g/mol. The van der Waals surface area contributed by atoms with Crippen molar-refractivity contribution in [3.63, 3.8) is 0 Å². The van der Waals surface area contributed by atoms with Crippen LogP contribution in [0, 0.1) is 11.3 Å². The molecule has 80 heavy (non-hydrogen) atoms. The van der Waals surface area contributed by atoms with Crippen molar-refractivity contribution in [2.45, 2.75) is 161 Å². The van der Waals surface area contributed by atoms with Gasteiger partial charge in [0, 0.05) is 7.05 Å². The summed E-state index contributed by atoms with van der Waals surface area (Å²) in [5.74, 6) is -1.05. The number of carbonyl (C=O) groups excluding carboxylic acids is 7. The average molecular weight is 1180 g/mol. The Morgan fingerprint density at radius 2 is 0.887 bits per heavy atom. The van der Waals surface area contributed by atoms with Crippen LogP contribution in [0.1, 0.15) is 111 Å². The summed E-state index contributed by atoms with van der Waals surface area (Å²) in [6.07, 6.45) is -2.56. The summed E-state index contributed by atoms with van der Waals surface area (Å²) < 4.78 is 108. The molecule has 0 aromatic heterocycles. The van der Waals surface area contributed by atoms with Crippen molar-refractivity contribution in [1.29, 1.82) is 5.26 Å². The lowest BCUT2D eigenvalue weighted by Gasteiger charge is -2.34. The molecule has 0 aromatic carbocycles. The van der Waals surface area contributed by atoms with Crippen molar-refractivity contribution in [3.8, 4) is 6.07 Å². The molecule has 472 valence electrons. The van der Waals surface area contributed by atoms with E-state index in [0.717, 1.165) is 33.0 Å². The maximum Gasteiger partial charge on any atom is 0.411 e. The fourth-order valence-electron chi connectivity index (χ4n) is 3.04. The van der Waals surface area contributed by atoms with E-state index in [2.05, 4.69) is 49.3 Å². The van der Waals surface area contributed by atoms with Gasteiger partial charge in [0.15, 0.2) is 22.4 Å². The van der Waals surface area contributed by atoms with Gasteiger partial charge in [-0.2, -0.15) is 11.2 Å². The van der Waals surface area contributed by atoms with Gasteiger partial charge in [-0.1, -0.05) is 0 Å². The molecule has 0 radical (unpaired) electrons. The number of nitrogens with zero attached hydrogens (tertiary/aromatic N) is 2. The molecule has 0 saturated heterocycles. The van der Waals surface area contributed by atoms with Crippen molar-refractivity contribution < 1.29 is 113 Å². The number of ketones is 1. The predicted octanol–water partition coefficient (Wildman–Crippen LogP) is 5.14. The first kappa shape index (κ1) is 90.0. The lowest BCUT2D eigenvalue weighted by atomic mass is 10.0. The summed E-state index contributed by atoms with van der Waals surface area (Å²) in [7, 11) is 4.96. The predicted molar refractivity (Wildman–Crippen MR) is 280 cm³/mol. The second-order valence-electron chi connectivity index (χ2n) is 20.4. The number of alkyl halides is 7. The number of halogens is 7. The van der Waals surface area contributed by atoms with Crippen molar-refractivity contribution in [2.24, 2.45) is 17.4 Å². The zero-order chi connectivity index (χ0) is 66.3. The number of carbonyl (C=O) groups is 9. The standard InChI is InChI=1S/C11H20FNO4.C10H18FNO4.C9H17FN2O4.C5H10FNO2.C4H7FN2.C4H8FNO2.C3H5FO.C2H4/c1-10(2,3)17-9(15)13(5)11(4,7-12)8(14)16-6;1-9(2,3)16-8(14)12-10(4,6-11)7(13)15-5;1-8(2,3)15-7(14)12-9(4,5-10)6(13)16-11;1-5(3-6,7-2)4(8)9;1-4(7,2-5)3-6;1-4(6,2-5)3(7)8;1-3(5)2-4;1-2/h7H2,1-6H3;6H2,1-5H3,(H,12,14);5,11H2,1-4H3,(H,12,14);7H,3H2,1-2H3,(H,8,9);2,7H2,1H3;2,6H2,1H3,(H,7,8);2H2,1H3;1-2H2. The van der Waals surface area contributed by atoms with Crippen LogP contribution in [0.3, 0.4) is 0 Å². The largest absolute Gasteiger partial charge is 0.480 e. The van der Waals surface area contributed by atoms with Gasteiger partial charge in [0.25, 0.3) is 0 Å². The first-order valence-corrected chi connectivity index (χ1v) is 23.0. The molecule has 0 fully saturated rings. The van der Waals surface area contributed by atoms with Gasteiger partial charge in [-0.05, 0) is 118 Å². The third-order valence-corrected chi connectivity index (χ3v) is 8.35. The minimum atomic E-state index is -1.84. The number of rotatable bonds is 16. The SMILES string of the molecule is C=C.CC(=O)CF.CC(C)(C)OC(=O)NC(C)(CF)C(=O)ON.CC(N)(C#N)CF.CC(N)(CF)C(=O)O.CNC(C)(CF)C(=O)O.COC(=O)C(C)(CF)N(C)C(=O)OC(C)(C)C.COC(=O)C(C)(CF)NC(=O)OC(C)(C)C. The lowest BCUT2D eigenvalue weighted by Crippen LogP contribution is -2.56. The van der Waals surface area contributed by atoms with Gasteiger partial charge in [0.1, 0.15) is 80.1 Å². The summed E-state index contributed by atoms with van der Waals surface area (Å²) in [5.41, 5.74) is -1.92. The Kier molecular flexibility index (Phi) is 46.6. The van der Waals surface area contributed by atoms with E-state index in [4.69, 9.17) is 41.2 Å². The van der Waals surface area contributed by atoms with Gasteiger partial charge in [-0.15, -0.1) is 13.2 Å². The number of Topliss-reactive ketones (excluding diaryl/α,β-unsaturated/α-hetero) is 1. The maximum atomic E-state index is 13.0. The van der Waals surface area contributed by atoms with Crippen LogP contribution in [0.5, 0.6) is 0 Å². The van der Waals surface area contributed by atoms with Crippen molar-refractivity contribution in [3.05, 3.63) is 13.2 Å². The Balaban J connectivity index is -0.000000130. The highest BCUT2D eigenvalue weighted by Gasteiger charge is 2.44.